The normalized spacial score (nSPS) is 11.1. The Morgan fingerprint density at radius 1 is 0.319 bits per heavy atom. The van der Waals surface area contributed by atoms with Crippen molar-refractivity contribution in [1.82, 2.24) is 9.97 Å². The van der Waals surface area contributed by atoms with Crippen LogP contribution in [0.5, 0.6) is 0 Å². The molecule has 0 aliphatic carbocycles. The van der Waals surface area contributed by atoms with Gasteiger partial charge >= 0.3 is 0 Å². The molecule has 0 aliphatic heterocycles. The first-order chi connectivity index (χ1) is 23.3. The van der Waals surface area contributed by atoms with Gasteiger partial charge in [0.15, 0.2) is 5.82 Å². The Balaban J connectivity index is 0.887. The molecular weight excluding hydrogens is 569 g/mol. The first kappa shape index (κ1) is 30.3. The number of hydrogen-bond donors (Lipinski definition) is 0. The summed E-state index contributed by atoms with van der Waals surface area (Å²) in [5.74, 6) is 0.764. The molecule has 7 rings (SSSR count). The fourth-order valence-electron chi connectivity index (χ4n) is 6.33. The molecule has 0 atom stereocenters. The maximum atomic E-state index is 4.97. The molecule has 0 N–H and O–H groups in total. The van der Waals surface area contributed by atoms with E-state index < -0.39 is 0 Å². The van der Waals surface area contributed by atoms with Gasteiger partial charge in [-0.3, -0.25) is 0 Å². The molecule has 1 aromatic heterocycles. The maximum absolute atomic E-state index is 4.97. The minimum absolute atomic E-state index is 0.764. The van der Waals surface area contributed by atoms with E-state index in [0.29, 0.717) is 0 Å². The van der Waals surface area contributed by atoms with Crippen LogP contribution in [0.1, 0.15) is 43.2 Å². The summed E-state index contributed by atoms with van der Waals surface area (Å²) < 4.78 is 0. The second-order valence-corrected chi connectivity index (χ2v) is 12.4. The first-order valence-corrected chi connectivity index (χ1v) is 17.0. The summed E-state index contributed by atoms with van der Waals surface area (Å²) in [5.41, 5.74) is 10.5. The quantitative estimate of drug-likeness (QED) is 0.129. The van der Waals surface area contributed by atoms with Crippen LogP contribution in [0.25, 0.3) is 55.8 Å². The van der Waals surface area contributed by atoms with Crippen molar-refractivity contribution in [2.75, 3.05) is 0 Å². The monoisotopic (exact) mass is 608 g/mol. The van der Waals surface area contributed by atoms with Crippen LogP contribution in [0.2, 0.25) is 0 Å². The van der Waals surface area contributed by atoms with E-state index in [1.54, 1.807) is 0 Å². The Morgan fingerprint density at radius 2 is 0.787 bits per heavy atom. The smallest absolute Gasteiger partial charge is 0.160 e. The van der Waals surface area contributed by atoms with Crippen LogP contribution in [0.4, 0.5) is 0 Å². The summed E-state index contributed by atoms with van der Waals surface area (Å²) in [7, 11) is 0. The predicted octanol–water partition coefficient (Wildman–Crippen LogP) is 12.0. The van der Waals surface area contributed by atoms with Gasteiger partial charge < -0.3 is 0 Å². The number of unbranched alkanes of at least 4 members (excludes halogenated alkanes) is 4. The van der Waals surface area contributed by atoms with Crippen molar-refractivity contribution in [3.8, 4) is 45.0 Å². The lowest BCUT2D eigenvalue weighted by Gasteiger charge is -2.10. The van der Waals surface area contributed by atoms with E-state index in [-0.39, 0.29) is 0 Å². The van der Waals surface area contributed by atoms with Crippen LogP contribution < -0.4 is 0 Å². The van der Waals surface area contributed by atoms with Crippen LogP contribution in [0.3, 0.4) is 0 Å². The molecular formula is C45H40N2. The summed E-state index contributed by atoms with van der Waals surface area (Å²) in [5, 5.41) is 2.59. The number of rotatable bonds is 12. The highest BCUT2D eigenvalue weighted by molar-refractivity contribution is 5.87. The van der Waals surface area contributed by atoms with Gasteiger partial charge in [-0.1, -0.05) is 165 Å². The van der Waals surface area contributed by atoms with Gasteiger partial charge in [-0.2, -0.15) is 0 Å². The topological polar surface area (TPSA) is 25.8 Å². The number of aromatic nitrogens is 2. The lowest BCUT2D eigenvalue weighted by molar-refractivity contribution is 0.613. The molecule has 0 fully saturated rings. The Kier molecular flexibility index (Phi) is 9.57. The number of hydrogen-bond acceptors (Lipinski definition) is 2. The lowest BCUT2D eigenvalue weighted by atomic mass is 9.98. The summed E-state index contributed by atoms with van der Waals surface area (Å²) >= 11 is 0. The summed E-state index contributed by atoms with van der Waals surface area (Å²) in [4.78, 5) is 9.94. The molecule has 0 saturated carbocycles. The fraction of sp³-hybridized carbons (Fsp3) is 0.156. The summed E-state index contributed by atoms with van der Waals surface area (Å²) in [6, 6.07) is 56.1. The Morgan fingerprint density at radius 3 is 1.36 bits per heavy atom. The van der Waals surface area contributed by atoms with Crippen LogP contribution in [0.15, 0.2) is 158 Å². The Bertz CT molecular complexity index is 1970. The number of aryl methyl sites for hydroxylation is 2. The summed E-state index contributed by atoms with van der Waals surface area (Å²) in [6.07, 6.45) is 8.57. The largest absolute Gasteiger partial charge is 0.228 e. The van der Waals surface area contributed by atoms with Crippen molar-refractivity contribution in [2.24, 2.45) is 0 Å². The zero-order chi connectivity index (χ0) is 31.7. The molecule has 0 bridgehead atoms. The third-order valence-corrected chi connectivity index (χ3v) is 9.05. The third kappa shape index (κ3) is 7.73. The second-order valence-electron chi connectivity index (χ2n) is 12.4. The van der Waals surface area contributed by atoms with Crippen molar-refractivity contribution in [2.45, 2.75) is 44.9 Å². The van der Waals surface area contributed by atoms with E-state index in [1.807, 2.05) is 12.1 Å². The number of nitrogens with zero attached hydrogens (tertiary/aromatic N) is 2. The lowest BCUT2D eigenvalue weighted by Crippen LogP contribution is -1.96. The van der Waals surface area contributed by atoms with Gasteiger partial charge in [0, 0.05) is 16.7 Å². The molecule has 0 spiro atoms. The fourth-order valence-corrected chi connectivity index (χ4v) is 6.33. The zero-order valence-electron chi connectivity index (χ0n) is 26.9. The Labute approximate surface area is 278 Å². The van der Waals surface area contributed by atoms with Gasteiger partial charge in [-0.15, -0.1) is 0 Å². The van der Waals surface area contributed by atoms with Crippen LogP contribution in [-0.4, -0.2) is 9.97 Å². The molecule has 2 nitrogen and oxygen atoms in total. The highest BCUT2D eigenvalue weighted by Crippen LogP contribution is 2.28. The van der Waals surface area contributed by atoms with Crippen molar-refractivity contribution in [3.63, 3.8) is 0 Å². The molecule has 0 amide bonds. The molecule has 47 heavy (non-hydrogen) atoms. The first-order valence-electron chi connectivity index (χ1n) is 17.0. The molecule has 0 unspecified atom stereocenters. The maximum Gasteiger partial charge on any atom is 0.160 e. The van der Waals surface area contributed by atoms with Gasteiger partial charge in [-0.25, -0.2) is 9.97 Å². The van der Waals surface area contributed by atoms with Crippen molar-refractivity contribution < 1.29 is 0 Å². The Hall–Kier alpha value is -5.34. The molecule has 0 aliphatic rings. The average molecular weight is 609 g/mol. The zero-order valence-corrected chi connectivity index (χ0v) is 26.9. The van der Waals surface area contributed by atoms with Crippen LogP contribution in [0, 0.1) is 0 Å². The van der Waals surface area contributed by atoms with Crippen molar-refractivity contribution >= 4 is 10.8 Å². The van der Waals surface area contributed by atoms with Crippen molar-refractivity contribution in [3.05, 3.63) is 169 Å². The van der Waals surface area contributed by atoms with Gasteiger partial charge in [0.05, 0.1) is 11.4 Å². The minimum Gasteiger partial charge on any atom is -0.228 e. The second kappa shape index (κ2) is 14.8. The molecule has 7 aromatic rings. The highest BCUT2D eigenvalue weighted by Gasteiger charge is 2.11. The van der Waals surface area contributed by atoms with E-state index in [0.717, 1.165) is 46.7 Å². The van der Waals surface area contributed by atoms with Crippen LogP contribution >= 0.6 is 0 Å². The molecule has 0 saturated heterocycles. The summed E-state index contributed by atoms with van der Waals surface area (Å²) in [6.45, 7) is 0. The van der Waals surface area contributed by atoms with Crippen molar-refractivity contribution in [1.29, 1.82) is 0 Å². The van der Waals surface area contributed by atoms with Gasteiger partial charge in [0.2, 0.25) is 0 Å². The van der Waals surface area contributed by atoms with E-state index in [4.69, 9.17) is 9.97 Å². The van der Waals surface area contributed by atoms with Gasteiger partial charge in [-0.05, 0) is 70.8 Å². The van der Waals surface area contributed by atoms with E-state index in [1.165, 1.54) is 65.1 Å². The number of fused-ring (bicyclic) bond motifs is 1. The molecule has 230 valence electrons. The number of benzene rings is 6. The van der Waals surface area contributed by atoms with Crippen LogP contribution in [-0.2, 0) is 12.8 Å². The van der Waals surface area contributed by atoms with Gasteiger partial charge in [0.25, 0.3) is 0 Å². The molecule has 6 aromatic carbocycles. The molecule has 2 heteroatoms. The standard InChI is InChI=1S/C45H40N2/c1(2-6-14-34-22-26-37(27-23-34)42-31-30-36-16-12-13-21-41(36)32-42)3-7-15-35-24-28-40(29-25-35)45-46-43(38-17-8-4-9-18-38)33-44(47-45)39-19-10-5-11-20-39/h4-5,8-13,16-33H,1-3,6-7,14-15H2. The third-order valence-electron chi connectivity index (χ3n) is 9.05. The molecule has 1 heterocycles. The molecule has 0 radical (unpaired) electrons. The van der Waals surface area contributed by atoms with Gasteiger partial charge in [0.1, 0.15) is 0 Å². The van der Waals surface area contributed by atoms with E-state index in [9.17, 15) is 0 Å². The van der Waals surface area contributed by atoms with E-state index >= 15 is 0 Å². The average Bonchev–Trinajstić information content (AvgIpc) is 3.15. The minimum atomic E-state index is 0.764. The highest BCUT2D eigenvalue weighted by atomic mass is 14.9. The SMILES string of the molecule is c1ccc(-c2cc(-c3ccccc3)nc(-c3ccc(CCCCCCCc4ccc(-c5ccc6ccccc6c5)cc4)cc3)n2)cc1. The predicted molar refractivity (Wildman–Crippen MR) is 198 cm³/mol. The van der Waals surface area contributed by atoms with E-state index in [2.05, 4.69) is 146 Å².